The molecule has 1 aliphatic rings. The summed E-state index contributed by atoms with van der Waals surface area (Å²) in [6.45, 7) is 10.1. The summed E-state index contributed by atoms with van der Waals surface area (Å²) in [5.41, 5.74) is -0.138. The Balaban J connectivity index is 2.28. The number of hydrogen-bond acceptors (Lipinski definition) is 2. The van der Waals surface area contributed by atoms with E-state index < -0.39 is 0 Å². The van der Waals surface area contributed by atoms with Crippen LogP contribution in [-0.2, 0) is 4.79 Å². The number of hydrogen-bond donors (Lipinski definition) is 2. The quantitative estimate of drug-likeness (QED) is 0.744. The Morgan fingerprint density at radius 3 is 2.47 bits per heavy atom. The molecular formula is C12H24N2O. The molecule has 0 spiro atoms. The summed E-state index contributed by atoms with van der Waals surface area (Å²) in [6, 6.07) is 0.487. The number of carbonyl (C=O) groups excluding carboxylic acids is 1. The molecule has 0 bridgehead atoms. The summed E-state index contributed by atoms with van der Waals surface area (Å²) < 4.78 is 0. The maximum absolute atomic E-state index is 11.7. The molecule has 0 heterocycles. The first-order valence-electron chi connectivity index (χ1n) is 5.91. The van der Waals surface area contributed by atoms with Crippen molar-refractivity contribution in [2.24, 2.45) is 5.92 Å². The zero-order valence-corrected chi connectivity index (χ0v) is 10.6. The molecule has 2 N–H and O–H groups in total. The van der Waals surface area contributed by atoms with Crippen LogP contribution in [-0.4, -0.2) is 23.5 Å². The van der Waals surface area contributed by atoms with Gasteiger partial charge < -0.3 is 10.6 Å². The molecule has 1 fully saturated rings. The van der Waals surface area contributed by atoms with Gasteiger partial charge in [0.05, 0.1) is 6.04 Å². The van der Waals surface area contributed by atoms with Crippen LogP contribution in [0.25, 0.3) is 0 Å². The predicted octanol–water partition coefficient (Wildman–Crippen LogP) is 1.68. The van der Waals surface area contributed by atoms with Crippen molar-refractivity contribution in [3.63, 3.8) is 0 Å². The highest BCUT2D eigenvalue weighted by Crippen LogP contribution is 2.33. The third-order valence-corrected chi connectivity index (χ3v) is 2.80. The van der Waals surface area contributed by atoms with Crippen LogP contribution >= 0.6 is 0 Å². The molecular weight excluding hydrogens is 188 g/mol. The minimum absolute atomic E-state index is 0.0780. The SMILES string of the molecule is CCC1CC1NC(C)C(=O)NC(C)(C)C. The van der Waals surface area contributed by atoms with Crippen molar-refractivity contribution in [1.29, 1.82) is 0 Å². The van der Waals surface area contributed by atoms with Crippen LogP contribution in [0.4, 0.5) is 0 Å². The summed E-state index contributed by atoms with van der Waals surface area (Å²) in [5.74, 6) is 0.888. The standard InChI is InChI=1S/C12H24N2O/c1-6-9-7-10(9)13-8(2)11(15)14-12(3,4)5/h8-10,13H,6-7H2,1-5H3,(H,14,15). The van der Waals surface area contributed by atoms with E-state index >= 15 is 0 Å². The Labute approximate surface area is 93.0 Å². The fourth-order valence-electron chi connectivity index (χ4n) is 1.78. The van der Waals surface area contributed by atoms with Crippen molar-refractivity contribution in [3.05, 3.63) is 0 Å². The highest BCUT2D eigenvalue weighted by atomic mass is 16.2. The van der Waals surface area contributed by atoms with Crippen molar-refractivity contribution < 1.29 is 4.79 Å². The van der Waals surface area contributed by atoms with Gasteiger partial charge in [0.15, 0.2) is 0 Å². The molecule has 0 saturated heterocycles. The number of amides is 1. The van der Waals surface area contributed by atoms with E-state index in [-0.39, 0.29) is 17.5 Å². The van der Waals surface area contributed by atoms with Gasteiger partial charge >= 0.3 is 0 Å². The van der Waals surface area contributed by atoms with Crippen LogP contribution in [0, 0.1) is 5.92 Å². The van der Waals surface area contributed by atoms with Gasteiger partial charge in [-0.1, -0.05) is 13.3 Å². The Bertz CT molecular complexity index is 232. The largest absolute Gasteiger partial charge is 0.350 e. The minimum atomic E-state index is -0.138. The van der Waals surface area contributed by atoms with E-state index in [4.69, 9.17) is 0 Å². The molecule has 0 radical (unpaired) electrons. The Morgan fingerprint density at radius 1 is 1.47 bits per heavy atom. The summed E-state index contributed by atoms with van der Waals surface area (Å²) in [5, 5.41) is 6.35. The molecule has 15 heavy (non-hydrogen) atoms. The summed E-state index contributed by atoms with van der Waals surface area (Å²) in [6.07, 6.45) is 2.44. The van der Waals surface area contributed by atoms with Crippen LogP contribution in [0.1, 0.15) is 47.5 Å². The molecule has 1 saturated carbocycles. The highest BCUT2D eigenvalue weighted by molar-refractivity contribution is 5.82. The van der Waals surface area contributed by atoms with Gasteiger partial charge in [-0.05, 0) is 40.0 Å². The topological polar surface area (TPSA) is 41.1 Å². The van der Waals surface area contributed by atoms with Crippen molar-refractivity contribution >= 4 is 5.91 Å². The molecule has 0 aromatic rings. The van der Waals surface area contributed by atoms with Crippen LogP contribution in [0.5, 0.6) is 0 Å². The Hall–Kier alpha value is -0.570. The van der Waals surface area contributed by atoms with Gasteiger partial charge in [-0.25, -0.2) is 0 Å². The smallest absolute Gasteiger partial charge is 0.237 e. The minimum Gasteiger partial charge on any atom is -0.350 e. The molecule has 1 rings (SSSR count). The van der Waals surface area contributed by atoms with Gasteiger partial charge in [0.1, 0.15) is 0 Å². The van der Waals surface area contributed by atoms with E-state index in [1.165, 1.54) is 12.8 Å². The van der Waals surface area contributed by atoms with Crippen LogP contribution in [0.3, 0.4) is 0 Å². The fraction of sp³-hybridized carbons (Fsp3) is 0.917. The third kappa shape index (κ3) is 4.20. The van der Waals surface area contributed by atoms with Gasteiger partial charge in [0.2, 0.25) is 5.91 Å². The molecule has 3 atom stereocenters. The van der Waals surface area contributed by atoms with E-state index in [2.05, 4.69) is 17.6 Å². The first-order valence-corrected chi connectivity index (χ1v) is 5.91. The zero-order chi connectivity index (χ0) is 11.6. The fourth-order valence-corrected chi connectivity index (χ4v) is 1.78. The van der Waals surface area contributed by atoms with Crippen LogP contribution in [0.2, 0.25) is 0 Å². The van der Waals surface area contributed by atoms with E-state index in [0.29, 0.717) is 6.04 Å². The maximum Gasteiger partial charge on any atom is 0.237 e. The van der Waals surface area contributed by atoms with E-state index in [0.717, 1.165) is 5.92 Å². The molecule has 1 aliphatic carbocycles. The molecule has 88 valence electrons. The van der Waals surface area contributed by atoms with Crippen molar-refractivity contribution in [1.82, 2.24) is 10.6 Å². The van der Waals surface area contributed by atoms with Gasteiger partial charge in [0.25, 0.3) is 0 Å². The van der Waals surface area contributed by atoms with Crippen LogP contribution in [0.15, 0.2) is 0 Å². The van der Waals surface area contributed by atoms with Gasteiger partial charge in [-0.3, -0.25) is 4.79 Å². The molecule has 3 unspecified atom stereocenters. The summed E-state index contributed by atoms with van der Waals surface area (Å²) >= 11 is 0. The number of carbonyl (C=O) groups is 1. The summed E-state index contributed by atoms with van der Waals surface area (Å²) in [4.78, 5) is 11.7. The lowest BCUT2D eigenvalue weighted by Gasteiger charge is -2.23. The molecule has 1 amide bonds. The van der Waals surface area contributed by atoms with Crippen molar-refractivity contribution in [2.75, 3.05) is 0 Å². The molecule has 3 heteroatoms. The first-order chi connectivity index (χ1) is 6.83. The Morgan fingerprint density at radius 2 is 2.07 bits per heavy atom. The second kappa shape index (κ2) is 4.52. The lowest BCUT2D eigenvalue weighted by molar-refractivity contribution is -0.124. The Kier molecular flexibility index (Phi) is 3.77. The molecule has 0 aromatic carbocycles. The monoisotopic (exact) mass is 212 g/mol. The second-order valence-corrected chi connectivity index (χ2v) is 5.64. The normalized spacial score (nSPS) is 27.3. The molecule has 0 aliphatic heterocycles. The van der Waals surface area contributed by atoms with Gasteiger partial charge in [-0.15, -0.1) is 0 Å². The van der Waals surface area contributed by atoms with Gasteiger partial charge in [0, 0.05) is 11.6 Å². The maximum atomic E-state index is 11.7. The van der Waals surface area contributed by atoms with E-state index in [9.17, 15) is 4.79 Å². The van der Waals surface area contributed by atoms with E-state index in [1.807, 2.05) is 27.7 Å². The van der Waals surface area contributed by atoms with Crippen LogP contribution < -0.4 is 10.6 Å². The average molecular weight is 212 g/mol. The second-order valence-electron chi connectivity index (χ2n) is 5.64. The number of rotatable bonds is 4. The number of nitrogens with one attached hydrogen (secondary N) is 2. The van der Waals surface area contributed by atoms with Crippen molar-refractivity contribution in [2.45, 2.75) is 65.1 Å². The highest BCUT2D eigenvalue weighted by Gasteiger charge is 2.37. The first kappa shape index (κ1) is 12.5. The third-order valence-electron chi connectivity index (χ3n) is 2.80. The lowest BCUT2D eigenvalue weighted by atomic mass is 10.1. The van der Waals surface area contributed by atoms with Gasteiger partial charge in [-0.2, -0.15) is 0 Å². The predicted molar refractivity (Wildman–Crippen MR) is 62.7 cm³/mol. The summed E-state index contributed by atoms with van der Waals surface area (Å²) in [7, 11) is 0. The zero-order valence-electron chi connectivity index (χ0n) is 10.6. The average Bonchev–Trinajstić information content (AvgIpc) is 2.80. The molecule has 3 nitrogen and oxygen atoms in total. The van der Waals surface area contributed by atoms with Crippen molar-refractivity contribution in [3.8, 4) is 0 Å². The molecule has 0 aromatic heterocycles. The lowest BCUT2D eigenvalue weighted by Crippen LogP contribution is -2.50. The van der Waals surface area contributed by atoms with E-state index in [1.54, 1.807) is 0 Å².